The minimum absolute atomic E-state index is 0.0849. The highest BCUT2D eigenvalue weighted by Gasteiger charge is 2.18. The number of benzene rings is 1. The highest BCUT2D eigenvalue weighted by Crippen LogP contribution is 2.22. The summed E-state index contributed by atoms with van der Waals surface area (Å²) in [5.41, 5.74) is 1.40. The van der Waals surface area contributed by atoms with Crippen molar-refractivity contribution in [2.45, 2.75) is 6.04 Å². The lowest BCUT2D eigenvalue weighted by molar-refractivity contribution is 0.0944. The number of amides is 1. The van der Waals surface area contributed by atoms with E-state index in [9.17, 15) is 4.79 Å². The molecule has 2 heterocycles. The number of carbonyl (C=O) groups is 1. The molecule has 1 amide bonds. The number of fused-ring (bicyclic) bond motifs is 1. The second-order valence-electron chi connectivity index (χ2n) is 5.34. The second kappa shape index (κ2) is 6.29. The Labute approximate surface area is 133 Å². The molecule has 3 aromatic rings. The van der Waals surface area contributed by atoms with Gasteiger partial charge in [-0.05, 0) is 31.6 Å². The van der Waals surface area contributed by atoms with E-state index < -0.39 is 0 Å². The number of likely N-dealkylation sites (N-methyl/N-ethyl adjacent to an activating group) is 1. The van der Waals surface area contributed by atoms with Gasteiger partial charge in [0.15, 0.2) is 0 Å². The van der Waals surface area contributed by atoms with Crippen LogP contribution in [0.2, 0.25) is 0 Å². The fraction of sp³-hybridized carbons (Fsp3) is 0.250. The van der Waals surface area contributed by atoms with Gasteiger partial charge in [0.25, 0.3) is 5.91 Å². The number of nitrogens with zero attached hydrogens (tertiary/aromatic N) is 2. The number of rotatable bonds is 5. The van der Waals surface area contributed by atoms with Gasteiger partial charge >= 0.3 is 0 Å². The van der Waals surface area contributed by atoms with Crippen molar-refractivity contribution < 1.29 is 4.79 Å². The number of aromatic amines is 1. The second-order valence-corrected chi connectivity index (χ2v) is 6.32. The fourth-order valence-electron chi connectivity index (χ4n) is 2.46. The minimum Gasteiger partial charge on any atom is -0.350 e. The Bertz CT molecular complexity index is 763. The van der Waals surface area contributed by atoms with E-state index >= 15 is 0 Å². The van der Waals surface area contributed by atoms with Crippen LogP contribution >= 0.6 is 11.3 Å². The van der Waals surface area contributed by atoms with Gasteiger partial charge in [-0.3, -0.25) is 9.89 Å². The molecule has 2 aromatic heterocycles. The lowest BCUT2D eigenvalue weighted by Gasteiger charge is -2.23. The summed E-state index contributed by atoms with van der Waals surface area (Å²) in [5.74, 6) is -0.0849. The number of nitrogens with one attached hydrogen (secondary N) is 2. The van der Waals surface area contributed by atoms with Crippen LogP contribution in [0.3, 0.4) is 0 Å². The standard InChI is InChI=1S/C16H18N4OS/c1-20(2)13(14-7-4-8-22-14)10-17-16(21)12-6-3-5-11-9-18-19-15(11)12/h3-9,13H,10H2,1-2H3,(H,17,21)(H,18,19). The van der Waals surface area contributed by atoms with E-state index in [1.807, 2.05) is 38.4 Å². The maximum atomic E-state index is 12.5. The molecule has 0 radical (unpaired) electrons. The normalized spacial score (nSPS) is 12.7. The van der Waals surface area contributed by atoms with E-state index in [2.05, 4.69) is 31.9 Å². The molecule has 0 spiro atoms. The van der Waals surface area contributed by atoms with E-state index in [4.69, 9.17) is 0 Å². The molecule has 5 nitrogen and oxygen atoms in total. The highest BCUT2D eigenvalue weighted by molar-refractivity contribution is 7.10. The van der Waals surface area contributed by atoms with Gasteiger partial charge in [0.1, 0.15) is 0 Å². The molecule has 1 unspecified atom stereocenters. The van der Waals surface area contributed by atoms with Crippen molar-refractivity contribution in [2.24, 2.45) is 0 Å². The van der Waals surface area contributed by atoms with E-state index in [1.165, 1.54) is 4.88 Å². The molecule has 3 rings (SSSR count). The first-order chi connectivity index (χ1) is 10.7. The summed E-state index contributed by atoms with van der Waals surface area (Å²) in [4.78, 5) is 15.8. The average Bonchev–Trinajstić information content (AvgIpc) is 3.17. The fourth-order valence-corrected chi connectivity index (χ4v) is 3.38. The van der Waals surface area contributed by atoms with Crippen LogP contribution in [0.1, 0.15) is 21.3 Å². The third-order valence-corrected chi connectivity index (χ3v) is 4.65. The predicted octanol–water partition coefficient (Wildman–Crippen LogP) is 2.66. The summed E-state index contributed by atoms with van der Waals surface area (Å²) in [6.07, 6.45) is 1.72. The Hall–Kier alpha value is -2.18. The maximum absolute atomic E-state index is 12.5. The highest BCUT2D eigenvalue weighted by atomic mass is 32.1. The monoisotopic (exact) mass is 314 g/mol. The first-order valence-corrected chi connectivity index (χ1v) is 7.95. The van der Waals surface area contributed by atoms with Crippen molar-refractivity contribution >= 4 is 28.1 Å². The van der Waals surface area contributed by atoms with Crippen molar-refractivity contribution in [3.8, 4) is 0 Å². The zero-order valence-electron chi connectivity index (χ0n) is 12.5. The Balaban J connectivity index is 1.75. The van der Waals surface area contributed by atoms with Crippen LogP contribution in [0, 0.1) is 0 Å². The number of hydrogen-bond donors (Lipinski definition) is 2. The van der Waals surface area contributed by atoms with Gasteiger partial charge in [-0.2, -0.15) is 5.10 Å². The number of carbonyl (C=O) groups excluding carboxylic acids is 1. The van der Waals surface area contributed by atoms with Gasteiger partial charge in [0.2, 0.25) is 0 Å². The third kappa shape index (κ3) is 2.88. The SMILES string of the molecule is CN(C)C(CNC(=O)c1cccc2cn[nH]c12)c1cccs1. The number of para-hydroxylation sites is 1. The van der Waals surface area contributed by atoms with Crippen LogP contribution in [-0.2, 0) is 0 Å². The van der Waals surface area contributed by atoms with Gasteiger partial charge in [-0.15, -0.1) is 11.3 Å². The van der Waals surface area contributed by atoms with Gasteiger partial charge in [0.05, 0.1) is 23.3 Å². The number of thiophene rings is 1. The molecule has 6 heteroatoms. The zero-order valence-corrected chi connectivity index (χ0v) is 13.4. The van der Waals surface area contributed by atoms with Crippen LogP contribution in [-0.4, -0.2) is 41.6 Å². The molecular formula is C16H18N4OS. The van der Waals surface area contributed by atoms with Gasteiger partial charge in [-0.1, -0.05) is 18.2 Å². The molecule has 0 fully saturated rings. The smallest absolute Gasteiger partial charge is 0.253 e. The zero-order chi connectivity index (χ0) is 15.5. The number of aromatic nitrogens is 2. The van der Waals surface area contributed by atoms with Crippen LogP contribution in [0.15, 0.2) is 41.9 Å². The van der Waals surface area contributed by atoms with Crippen LogP contribution in [0.25, 0.3) is 10.9 Å². The van der Waals surface area contributed by atoms with Gasteiger partial charge in [-0.25, -0.2) is 0 Å². The molecule has 114 valence electrons. The van der Waals surface area contributed by atoms with Crippen LogP contribution < -0.4 is 5.32 Å². The molecule has 2 N–H and O–H groups in total. The third-order valence-electron chi connectivity index (χ3n) is 3.67. The molecule has 0 saturated carbocycles. The molecule has 0 aliphatic rings. The van der Waals surface area contributed by atoms with E-state index in [0.717, 1.165) is 10.9 Å². The molecule has 0 aliphatic carbocycles. The Kier molecular flexibility index (Phi) is 4.22. The summed E-state index contributed by atoms with van der Waals surface area (Å²) >= 11 is 1.70. The van der Waals surface area contributed by atoms with Crippen molar-refractivity contribution in [1.82, 2.24) is 20.4 Å². The lowest BCUT2D eigenvalue weighted by Crippen LogP contribution is -2.34. The first kappa shape index (κ1) is 14.7. The summed E-state index contributed by atoms with van der Waals surface area (Å²) in [6.45, 7) is 0.566. The Morgan fingerprint density at radius 3 is 2.95 bits per heavy atom. The number of hydrogen-bond acceptors (Lipinski definition) is 4. The first-order valence-electron chi connectivity index (χ1n) is 7.07. The van der Waals surface area contributed by atoms with Crippen molar-refractivity contribution in [2.75, 3.05) is 20.6 Å². The van der Waals surface area contributed by atoms with E-state index in [-0.39, 0.29) is 11.9 Å². The average molecular weight is 314 g/mol. The molecule has 22 heavy (non-hydrogen) atoms. The maximum Gasteiger partial charge on any atom is 0.253 e. The van der Waals surface area contributed by atoms with Gasteiger partial charge < -0.3 is 10.2 Å². The largest absolute Gasteiger partial charge is 0.350 e. The molecule has 1 atom stereocenters. The van der Waals surface area contributed by atoms with E-state index in [1.54, 1.807) is 17.5 Å². The Morgan fingerprint density at radius 2 is 2.23 bits per heavy atom. The molecular weight excluding hydrogens is 296 g/mol. The summed E-state index contributed by atoms with van der Waals surface area (Å²) < 4.78 is 0. The summed E-state index contributed by atoms with van der Waals surface area (Å²) in [5, 5.41) is 12.9. The number of H-pyrrole nitrogens is 1. The summed E-state index contributed by atoms with van der Waals surface area (Å²) in [6, 6.07) is 9.91. The molecule has 0 aliphatic heterocycles. The topological polar surface area (TPSA) is 61.0 Å². The summed E-state index contributed by atoms with van der Waals surface area (Å²) in [7, 11) is 4.04. The van der Waals surface area contributed by atoms with Crippen molar-refractivity contribution in [1.29, 1.82) is 0 Å². The quantitative estimate of drug-likeness (QED) is 0.761. The van der Waals surface area contributed by atoms with Crippen molar-refractivity contribution in [3.63, 3.8) is 0 Å². The van der Waals surface area contributed by atoms with Crippen molar-refractivity contribution in [3.05, 3.63) is 52.3 Å². The van der Waals surface area contributed by atoms with Crippen LogP contribution in [0.5, 0.6) is 0 Å². The predicted molar refractivity (Wildman–Crippen MR) is 89.2 cm³/mol. The minimum atomic E-state index is -0.0849. The molecule has 0 saturated heterocycles. The lowest BCUT2D eigenvalue weighted by atomic mass is 10.1. The van der Waals surface area contributed by atoms with Crippen LogP contribution in [0.4, 0.5) is 0 Å². The van der Waals surface area contributed by atoms with Gasteiger partial charge in [0, 0.05) is 16.8 Å². The Morgan fingerprint density at radius 1 is 1.36 bits per heavy atom. The molecule has 0 bridgehead atoms. The molecule has 1 aromatic carbocycles. The van der Waals surface area contributed by atoms with E-state index in [0.29, 0.717) is 12.1 Å².